The summed E-state index contributed by atoms with van der Waals surface area (Å²) in [5.41, 5.74) is 2.24. The number of nitriles is 1. The van der Waals surface area contributed by atoms with Gasteiger partial charge in [0.25, 0.3) is 5.91 Å². The van der Waals surface area contributed by atoms with E-state index in [2.05, 4.69) is 10.2 Å². The molecule has 1 heterocycles. The molecule has 0 radical (unpaired) electrons. The molecular weight excluding hydrogens is 354 g/mol. The molecule has 0 saturated carbocycles. The molecule has 0 unspecified atom stereocenters. The number of aromatic carboxylic acids is 1. The van der Waals surface area contributed by atoms with Crippen LogP contribution in [0.1, 0.15) is 35.2 Å². The van der Waals surface area contributed by atoms with Crippen LogP contribution in [0.5, 0.6) is 0 Å². The Bertz CT molecular complexity index is 936. The third-order valence-corrected chi connectivity index (χ3v) is 4.66. The van der Waals surface area contributed by atoms with Gasteiger partial charge < -0.3 is 15.3 Å². The van der Waals surface area contributed by atoms with Gasteiger partial charge in [0.2, 0.25) is 0 Å². The lowest BCUT2D eigenvalue weighted by atomic mass is 10.1. The largest absolute Gasteiger partial charge is 0.478 e. The molecule has 6 heteroatoms. The van der Waals surface area contributed by atoms with E-state index in [1.165, 1.54) is 43.5 Å². The zero-order valence-corrected chi connectivity index (χ0v) is 15.4. The van der Waals surface area contributed by atoms with Gasteiger partial charge in [-0.2, -0.15) is 5.26 Å². The maximum Gasteiger partial charge on any atom is 0.335 e. The van der Waals surface area contributed by atoms with Crippen molar-refractivity contribution in [3.63, 3.8) is 0 Å². The maximum absolute atomic E-state index is 12.4. The van der Waals surface area contributed by atoms with Gasteiger partial charge >= 0.3 is 5.97 Å². The number of rotatable bonds is 5. The van der Waals surface area contributed by atoms with Gasteiger partial charge in [-0.3, -0.25) is 4.79 Å². The lowest BCUT2D eigenvalue weighted by molar-refractivity contribution is -0.112. The number of carbonyl (C=O) groups excluding carboxylic acids is 1. The van der Waals surface area contributed by atoms with Crippen LogP contribution in [0.2, 0.25) is 0 Å². The van der Waals surface area contributed by atoms with Crippen molar-refractivity contribution >= 4 is 29.3 Å². The highest BCUT2D eigenvalue weighted by atomic mass is 16.4. The predicted molar refractivity (Wildman–Crippen MR) is 108 cm³/mol. The summed E-state index contributed by atoms with van der Waals surface area (Å²) in [5.74, 6) is -1.66. The second-order valence-corrected chi connectivity index (χ2v) is 6.65. The SMILES string of the molecule is N#C/C(=C/c1ccc(N2CCCCC2)cc1)C(=O)Nc1cccc(C(=O)O)c1. The van der Waals surface area contributed by atoms with Gasteiger partial charge in [-0.05, 0) is 61.2 Å². The van der Waals surface area contributed by atoms with Crippen molar-refractivity contribution < 1.29 is 14.7 Å². The minimum atomic E-state index is -1.08. The van der Waals surface area contributed by atoms with E-state index in [-0.39, 0.29) is 11.1 Å². The fourth-order valence-corrected chi connectivity index (χ4v) is 3.18. The molecule has 1 aliphatic heterocycles. The first-order valence-corrected chi connectivity index (χ1v) is 9.18. The Labute approximate surface area is 163 Å². The smallest absolute Gasteiger partial charge is 0.335 e. The molecule has 1 saturated heterocycles. The van der Waals surface area contributed by atoms with Crippen molar-refractivity contribution in [1.29, 1.82) is 5.26 Å². The van der Waals surface area contributed by atoms with Gasteiger partial charge in [-0.1, -0.05) is 18.2 Å². The Hall–Kier alpha value is -3.59. The number of anilines is 2. The molecule has 0 aromatic heterocycles. The van der Waals surface area contributed by atoms with E-state index in [4.69, 9.17) is 5.11 Å². The number of carboxylic acids is 1. The van der Waals surface area contributed by atoms with Crippen LogP contribution in [0.4, 0.5) is 11.4 Å². The van der Waals surface area contributed by atoms with Gasteiger partial charge in [0, 0.05) is 24.5 Å². The number of hydrogen-bond acceptors (Lipinski definition) is 4. The summed E-state index contributed by atoms with van der Waals surface area (Å²) in [5, 5.41) is 21.0. The Morgan fingerprint density at radius 1 is 1.07 bits per heavy atom. The van der Waals surface area contributed by atoms with Gasteiger partial charge in [0.1, 0.15) is 11.6 Å². The van der Waals surface area contributed by atoms with Gasteiger partial charge in [-0.15, -0.1) is 0 Å². The van der Waals surface area contributed by atoms with Crippen molar-refractivity contribution in [2.75, 3.05) is 23.3 Å². The van der Waals surface area contributed by atoms with Crippen LogP contribution in [0.15, 0.2) is 54.1 Å². The second kappa shape index (κ2) is 8.87. The molecule has 2 N–H and O–H groups in total. The Morgan fingerprint density at radius 2 is 1.79 bits per heavy atom. The molecule has 0 atom stereocenters. The van der Waals surface area contributed by atoms with Crippen molar-refractivity contribution in [3.8, 4) is 6.07 Å². The first-order chi connectivity index (χ1) is 13.6. The van der Waals surface area contributed by atoms with Crippen LogP contribution >= 0.6 is 0 Å². The van der Waals surface area contributed by atoms with Crippen LogP contribution in [-0.4, -0.2) is 30.1 Å². The summed E-state index contributed by atoms with van der Waals surface area (Å²) in [6.07, 6.45) is 5.19. The van der Waals surface area contributed by atoms with E-state index in [0.29, 0.717) is 5.69 Å². The number of benzene rings is 2. The highest BCUT2D eigenvalue weighted by molar-refractivity contribution is 6.10. The molecule has 0 spiro atoms. The molecule has 0 bridgehead atoms. The van der Waals surface area contributed by atoms with E-state index in [0.717, 1.165) is 24.3 Å². The number of nitrogens with zero attached hydrogens (tertiary/aromatic N) is 2. The zero-order valence-electron chi connectivity index (χ0n) is 15.4. The second-order valence-electron chi connectivity index (χ2n) is 6.65. The van der Waals surface area contributed by atoms with Gasteiger partial charge in [0.05, 0.1) is 5.56 Å². The number of hydrogen-bond donors (Lipinski definition) is 2. The molecule has 1 aliphatic rings. The lowest BCUT2D eigenvalue weighted by Gasteiger charge is -2.28. The lowest BCUT2D eigenvalue weighted by Crippen LogP contribution is -2.29. The normalized spacial score (nSPS) is 14.2. The first kappa shape index (κ1) is 19.2. The minimum Gasteiger partial charge on any atom is -0.478 e. The van der Waals surface area contributed by atoms with Gasteiger partial charge in [0.15, 0.2) is 0 Å². The van der Waals surface area contributed by atoms with Gasteiger partial charge in [-0.25, -0.2) is 4.79 Å². The highest BCUT2D eigenvalue weighted by Crippen LogP contribution is 2.21. The summed E-state index contributed by atoms with van der Waals surface area (Å²) in [6.45, 7) is 2.10. The molecule has 3 rings (SSSR count). The monoisotopic (exact) mass is 375 g/mol. The molecule has 0 aliphatic carbocycles. The highest BCUT2D eigenvalue weighted by Gasteiger charge is 2.13. The van der Waals surface area contributed by atoms with Crippen molar-refractivity contribution in [1.82, 2.24) is 0 Å². The van der Waals surface area contributed by atoms with E-state index in [1.54, 1.807) is 6.07 Å². The Balaban J connectivity index is 1.72. The molecular formula is C22H21N3O3. The average molecular weight is 375 g/mol. The van der Waals surface area contributed by atoms with Crippen LogP contribution in [0.3, 0.4) is 0 Å². The maximum atomic E-state index is 12.4. The molecule has 142 valence electrons. The number of carbonyl (C=O) groups is 2. The first-order valence-electron chi connectivity index (χ1n) is 9.18. The van der Waals surface area contributed by atoms with Crippen molar-refractivity contribution in [2.24, 2.45) is 0 Å². The standard InChI is InChI=1S/C22H21N3O3/c23-15-18(21(26)24-19-6-4-5-17(14-19)22(27)28)13-16-7-9-20(10-8-16)25-11-2-1-3-12-25/h4-10,13-14H,1-3,11-12H2,(H,24,26)(H,27,28)/b18-13-. The molecule has 1 amide bonds. The summed E-state index contributed by atoms with van der Waals surface area (Å²) in [6, 6.07) is 15.6. The number of piperidine rings is 1. The van der Waals surface area contributed by atoms with E-state index < -0.39 is 11.9 Å². The zero-order chi connectivity index (χ0) is 19.9. The summed E-state index contributed by atoms with van der Waals surface area (Å²) >= 11 is 0. The van der Waals surface area contributed by atoms with Crippen molar-refractivity contribution in [2.45, 2.75) is 19.3 Å². The Kier molecular flexibility index (Phi) is 6.07. The molecule has 2 aromatic rings. The topological polar surface area (TPSA) is 93.4 Å². The fraction of sp³-hybridized carbons (Fsp3) is 0.227. The van der Waals surface area contributed by atoms with Crippen LogP contribution in [0.25, 0.3) is 6.08 Å². The molecule has 1 fully saturated rings. The van der Waals surface area contributed by atoms with E-state index >= 15 is 0 Å². The fourth-order valence-electron chi connectivity index (χ4n) is 3.18. The quantitative estimate of drug-likeness (QED) is 0.610. The van der Waals surface area contributed by atoms with E-state index in [1.807, 2.05) is 30.3 Å². The molecule has 28 heavy (non-hydrogen) atoms. The number of nitrogens with one attached hydrogen (secondary N) is 1. The summed E-state index contributed by atoms with van der Waals surface area (Å²) in [4.78, 5) is 25.8. The van der Waals surface area contributed by atoms with Crippen molar-refractivity contribution in [3.05, 3.63) is 65.2 Å². The third-order valence-electron chi connectivity index (χ3n) is 4.66. The van der Waals surface area contributed by atoms with E-state index in [9.17, 15) is 14.9 Å². The summed E-state index contributed by atoms with van der Waals surface area (Å²) in [7, 11) is 0. The summed E-state index contributed by atoms with van der Waals surface area (Å²) < 4.78 is 0. The Morgan fingerprint density at radius 3 is 2.43 bits per heavy atom. The van der Waals surface area contributed by atoms with Crippen LogP contribution in [-0.2, 0) is 4.79 Å². The van der Waals surface area contributed by atoms with Crippen LogP contribution in [0, 0.1) is 11.3 Å². The number of amides is 1. The molecule has 2 aromatic carbocycles. The van der Waals surface area contributed by atoms with Crippen LogP contribution < -0.4 is 10.2 Å². The number of carboxylic acid groups (broad SMARTS) is 1. The predicted octanol–water partition coefficient (Wildman–Crippen LogP) is 3.92. The average Bonchev–Trinajstić information content (AvgIpc) is 2.73. The minimum absolute atomic E-state index is 0.0496. The molecule has 6 nitrogen and oxygen atoms in total. The third kappa shape index (κ3) is 4.77.